The molecule has 1 aliphatic carbocycles. The van der Waals surface area contributed by atoms with E-state index in [0.717, 1.165) is 0 Å². The van der Waals surface area contributed by atoms with E-state index in [1.165, 1.54) is 77.5 Å². The fourth-order valence-corrected chi connectivity index (χ4v) is 17.8. The van der Waals surface area contributed by atoms with Crippen molar-refractivity contribution in [2.75, 3.05) is 0 Å². The van der Waals surface area contributed by atoms with E-state index in [1.54, 1.807) is 0 Å². The average Bonchev–Trinajstić information content (AvgIpc) is 2.93. The first-order valence-corrected chi connectivity index (χ1v) is 16.2. The Morgan fingerprint density at radius 1 is 0.789 bits per heavy atom. The van der Waals surface area contributed by atoms with Crippen molar-refractivity contribution in [3.8, 4) is 0 Å². The van der Waals surface area contributed by atoms with Crippen LogP contribution < -0.4 is 0 Å². The molecule has 0 radical (unpaired) electrons. The number of unbranched alkanes of at least 4 members (excludes halogenated alkanes) is 3. The molecule has 0 aromatic rings. The summed E-state index contributed by atoms with van der Waals surface area (Å²) >= 11 is -2.26. The molecule has 114 valence electrons. The molecule has 0 saturated heterocycles. The van der Waals surface area contributed by atoms with Gasteiger partial charge in [-0.3, -0.25) is 0 Å². The molecule has 1 nitrogen and oxygen atoms in total. The summed E-state index contributed by atoms with van der Waals surface area (Å²) in [7, 11) is 0. The van der Waals surface area contributed by atoms with E-state index in [4.69, 9.17) is 3.07 Å². The maximum atomic E-state index is 6.92. The molecule has 19 heavy (non-hydrogen) atoms. The summed E-state index contributed by atoms with van der Waals surface area (Å²) in [6.45, 7) is 7.02. The summed E-state index contributed by atoms with van der Waals surface area (Å²) in [6, 6.07) is 0. The molecular weight excluding hydrogens is 339 g/mol. The maximum absolute atomic E-state index is 6.92. The minimum absolute atomic E-state index is 0.668. The standard InChI is InChI=1S/C5H9O.3C4H9.Sn/c6-5-3-1-2-4-5;3*1-3-4-2;/h5H,1-4H2;3*1,3-4H2,2H3;/q-1;;;;+1. The third-order valence-electron chi connectivity index (χ3n) is 4.68. The van der Waals surface area contributed by atoms with Crippen molar-refractivity contribution in [3.63, 3.8) is 0 Å². The monoisotopic (exact) mass is 376 g/mol. The predicted molar refractivity (Wildman–Crippen MR) is 88.2 cm³/mol. The molecule has 1 aliphatic rings. The molecule has 1 saturated carbocycles. The summed E-state index contributed by atoms with van der Waals surface area (Å²) < 4.78 is 11.4. The molecule has 0 aromatic carbocycles. The summed E-state index contributed by atoms with van der Waals surface area (Å²) in [6.07, 6.45) is 14.6. The molecule has 0 N–H and O–H groups in total. The number of hydrogen-bond acceptors (Lipinski definition) is 1. The van der Waals surface area contributed by atoms with Crippen LogP contribution in [0.3, 0.4) is 0 Å². The quantitative estimate of drug-likeness (QED) is 0.386. The van der Waals surface area contributed by atoms with E-state index in [-0.39, 0.29) is 0 Å². The van der Waals surface area contributed by atoms with Gasteiger partial charge in [-0.1, -0.05) is 0 Å². The first-order chi connectivity index (χ1) is 9.26. The first kappa shape index (κ1) is 17.8. The normalized spacial score (nSPS) is 17.2. The van der Waals surface area contributed by atoms with Gasteiger partial charge in [0.25, 0.3) is 0 Å². The molecule has 0 spiro atoms. The minimum atomic E-state index is -2.26. The second-order valence-corrected chi connectivity index (χ2v) is 18.2. The van der Waals surface area contributed by atoms with Crippen molar-refractivity contribution < 1.29 is 3.07 Å². The SMILES string of the molecule is CCC[CH2][Sn]([CH2]CCC)([CH2]CCC)[O]C1CCCC1. The van der Waals surface area contributed by atoms with Gasteiger partial charge >= 0.3 is 126 Å². The topological polar surface area (TPSA) is 9.23 Å². The van der Waals surface area contributed by atoms with Gasteiger partial charge in [-0.15, -0.1) is 0 Å². The Kier molecular flexibility index (Phi) is 9.82. The van der Waals surface area contributed by atoms with E-state index < -0.39 is 18.8 Å². The fraction of sp³-hybridized carbons (Fsp3) is 1.00. The van der Waals surface area contributed by atoms with Gasteiger partial charge in [-0.05, 0) is 0 Å². The van der Waals surface area contributed by atoms with Crippen LogP contribution in [0.4, 0.5) is 0 Å². The van der Waals surface area contributed by atoms with Crippen molar-refractivity contribution in [1.29, 1.82) is 0 Å². The summed E-state index contributed by atoms with van der Waals surface area (Å²) in [5.41, 5.74) is 0. The molecule has 0 heterocycles. The van der Waals surface area contributed by atoms with Gasteiger partial charge in [-0.25, -0.2) is 0 Å². The van der Waals surface area contributed by atoms with Crippen LogP contribution in [0.1, 0.15) is 85.0 Å². The van der Waals surface area contributed by atoms with E-state index in [1.807, 2.05) is 0 Å². The number of hydrogen-bond donors (Lipinski definition) is 0. The van der Waals surface area contributed by atoms with E-state index in [0.29, 0.717) is 6.10 Å². The van der Waals surface area contributed by atoms with Crippen LogP contribution in [0.2, 0.25) is 13.3 Å². The van der Waals surface area contributed by atoms with Gasteiger partial charge in [0.2, 0.25) is 0 Å². The van der Waals surface area contributed by atoms with Crippen molar-refractivity contribution in [3.05, 3.63) is 0 Å². The van der Waals surface area contributed by atoms with E-state index in [2.05, 4.69) is 20.8 Å². The Bertz CT molecular complexity index is 190. The van der Waals surface area contributed by atoms with Crippen LogP contribution in [0, 0.1) is 0 Å². The van der Waals surface area contributed by atoms with E-state index >= 15 is 0 Å². The zero-order chi connectivity index (χ0) is 14.0. The second kappa shape index (κ2) is 10.5. The molecular formula is C17H36OSn. The van der Waals surface area contributed by atoms with Crippen LogP contribution in [0.15, 0.2) is 0 Å². The fourth-order valence-electron chi connectivity index (χ4n) is 3.41. The predicted octanol–water partition coefficient (Wildman–Crippen LogP) is 6.29. The Labute approximate surface area is 126 Å². The van der Waals surface area contributed by atoms with Crippen molar-refractivity contribution in [2.24, 2.45) is 0 Å². The Hall–Kier alpha value is 0.759. The van der Waals surface area contributed by atoms with Gasteiger partial charge in [0, 0.05) is 0 Å². The number of rotatable bonds is 11. The van der Waals surface area contributed by atoms with Crippen LogP contribution in [0.5, 0.6) is 0 Å². The summed E-state index contributed by atoms with van der Waals surface area (Å²) in [5.74, 6) is 0. The average molecular weight is 375 g/mol. The van der Waals surface area contributed by atoms with Gasteiger partial charge in [0.15, 0.2) is 0 Å². The molecule has 0 atom stereocenters. The molecule has 0 aromatic heterocycles. The first-order valence-electron chi connectivity index (χ1n) is 8.94. The molecule has 0 aliphatic heterocycles. The Morgan fingerprint density at radius 2 is 1.21 bits per heavy atom. The molecule has 1 rings (SSSR count). The zero-order valence-corrected chi connectivity index (χ0v) is 16.5. The van der Waals surface area contributed by atoms with Crippen LogP contribution in [-0.2, 0) is 3.07 Å². The second-order valence-electron chi connectivity index (χ2n) is 6.52. The molecule has 0 bridgehead atoms. The van der Waals surface area contributed by atoms with Crippen LogP contribution in [0.25, 0.3) is 0 Å². The van der Waals surface area contributed by atoms with Gasteiger partial charge in [-0.2, -0.15) is 0 Å². The molecule has 0 amide bonds. The third-order valence-corrected chi connectivity index (χ3v) is 17.9. The van der Waals surface area contributed by atoms with E-state index in [9.17, 15) is 0 Å². The Balaban J connectivity index is 2.61. The molecule has 1 fully saturated rings. The van der Waals surface area contributed by atoms with Crippen LogP contribution in [-0.4, -0.2) is 24.9 Å². The van der Waals surface area contributed by atoms with Crippen molar-refractivity contribution >= 4 is 18.8 Å². The summed E-state index contributed by atoms with van der Waals surface area (Å²) in [5, 5.41) is 0. The summed E-state index contributed by atoms with van der Waals surface area (Å²) in [4.78, 5) is 0. The van der Waals surface area contributed by atoms with Crippen molar-refractivity contribution in [2.45, 2.75) is 104 Å². The van der Waals surface area contributed by atoms with Gasteiger partial charge < -0.3 is 0 Å². The van der Waals surface area contributed by atoms with Crippen molar-refractivity contribution in [1.82, 2.24) is 0 Å². The van der Waals surface area contributed by atoms with Gasteiger partial charge in [0.1, 0.15) is 0 Å². The van der Waals surface area contributed by atoms with Crippen LogP contribution >= 0.6 is 0 Å². The zero-order valence-electron chi connectivity index (χ0n) is 13.7. The Morgan fingerprint density at radius 3 is 1.58 bits per heavy atom. The third kappa shape index (κ3) is 6.84. The molecule has 0 unspecified atom stereocenters. The molecule has 2 heteroatoms. The van der Waals surface area contributed by atoms with Gasteiger partial charge in [0.05, 0.1) is 0 Å².